The van der Waals surface area contributed by atoms with Gasteiger partial charge in [0.1, 0.15) is 5.60 Å². The third-order valence-corrected chi connectivity index (χ3v) is 5.50. The molecule has 25 heavy (non-hydrogen) atoms. The fraction of sp³-hybridized carbons (Fsp3) is 0.579. The van der Waals surface area contributed by atoms with Crippen molar-refractivity contribution in [2.75, 3.05) is 24.5 Å². The Labute approximate surface area is 157 Å². The summed E-state index contributed by atoms with van der Waals surface area (Å²) in [4.78, 5) is 28.9. The summed E-state index contributed by atoms with van der Waals surface area (Å²) >= 11 is 3.47. The number of likely N-dealkylation sites (tertiary alicyclic amines) is 1. The van der Waals surface area contributed by atoms with Crippen LogP contribution in [0.5, 0.6) is 0 Å². The summed E-state index contributed by atoms with van der Waals surface area (Å²) in [5.74, 6) is 0.189. The lowest BCUT2D eigenvalue weighted by Crippen LogP contribution is -2.48. The fourth-order valence-corrected chi connectivity index (χ4v) is 4.01. The van der Waals surface area contributed by atoms with Crippen LogP contribution in [0.4, 0.5) is 10.5 Å². The normalized spacial score (nSPS) is 20.2. The molecule has 136 valence electrons. The molecule has 1 aromatic carbocycles. The third kappa shape index (κ3) is 3.84. The molecule has 5 nitrogen and oxygen atoms in total. The summed E-state index contributed by atoms with van der Waals surface area (Å²) in [6.07, 6.45) is 1.97. The zero-order chi connectivity index (χ0) is 18.2. The quantitative estimate of drug-likeness (QED) is 0.699. The molecule has 2 saturated heterocycles. The van der Waals surface area contributed by atoms with Crippen molar-refractivity contribution in [3.05, 3.63) is 28.7 Å². The lowest BCUT2D eigenvalue weighted by Gasteiger charge is -2.38. The number of hydrogen-bond donors (Lipinski definition) is 0. The van der Waals surface area contributed by atoms with Crippen LogP contribution >= 0.6 is 15.9 Å². The minimum absolute atomic E-state index is 0.189. The highest BCUT2D eigenvalue weighted by Gasteiger charge is 2.49. The fourth-order valence-electron chi connectivity index (χ4n) is 3.62. The molecule has 1 spiro atoms. The van der Waals surface area contributed by atoms with E-state index in [1.165, 1.54) is 0 Å². The van der Waals surface area contributed by atoms with E-state index in [4.69, 9.17) is 4.74 Å². The van der Waals surface area contributed by atoms with E-state index < -0.39 is 5.60 Å². The summed E-state index contributed by atoms with van der Waals surface area (Å²) in [7, 11) is 0. The molecular weight excluding hydrogens is 384 g/mol. The number of ether oxygens (including phenoxy) is 1. The van der Waals surface area contributed by atoms with Gasteiger partial charge in [-0.2, -0.15) is 0 Å². The predicted octanol–water partition coefficient (Wildman–Crippen LogP) is 4.20. The Hall–Kier alpha value is -1.56. The van der Waals surface area contributed by atoms with Crippen molar-refractivity contribution in [3.63, 3.8) is 0 Å². The summed E-state index contributed by atoms with van der Waals surface area (Å²) in [6.45, 7) is 7.49. The second-order valence-corrected chi connectivity index (χ2v) is 8.85. The first-order valence-electron chi connectivity index (χ1n) is 8.76. The van der Waals surface area contributed by atoms with Gasteiger partial charge < -0.3 is 14.5 Å². The Bertz CT molecular complexity index is 675. The molecule has 3 rings (SSSR count). The molecule has 2 amide bonds. The molecule has 0 bridgehead atoms. The summed E-state index contributed by atoms with van der Waals surface area (Å²) in [5, 5.41) is 0. The minimum Gasteiger partial charge on any atom is -0.444 e. The van der Waals surface area contributed by atoms with Gasteiger partial charge in [0.2, 0.25) is 5.91 Å². The van der Waals surface area contributed by atoms with Crippen LogP contribution in [0.1, 0.15) is 40.0 Å². The van der Waals surface area contributed by atoms with Crippen molar-refractivity contribution in [3.8, 4) is 0 Å². The topological polar surface area (TPSA) is 49.9 Å². The van der Waals surface area contributed by atoms with Gasteiger partial charge in [0.05, 0.1) is 5.41 Å². The van der Waals surface area contributed by atoms with Crippen LogP contribution in [0.25, 0.3) is 0 Å². The number of carbonyl (C=O) groups excluding carboxylic acids is 2. The van der Waals surface area contributed by atoms with Crippen molar-refractivity contribution in [2.45, 2.75) is 45.6 Å². The van der Waals surface area contributed by atoms with Gasteiger partial charge >= 0.3 is 6.09 Å². The maximum absolute atomic E-state index is 13.1. The molecule has 0 saturated carbocycles. The van der Waals surface area contributed by atoms with Gasteiger partial charge in [0.25, 0.3) is 0 Å². The van der Waals surface area contributed by atoms with Gasteiger partial charge in [0, 0.05) is 29.8 Å². The second-order valence-electron chi connectivity index (χ2n) is 7.93. The van der Waals surface area contributed by atoms with Crippen molar-refractivity contribution in [2.24, 2.45) is 5.41 Å². The van der Waals surface area contributed by atoms with Crippen LogP contribution in [0, 0.1) is 5.41 Å². The van der Waals surface area contributed by atoms with E-state index in [1.54, 1.807) is 4.90 Å². The first kappa shape index (κ1) is 18.2. The molecule has 0 aliphatic carbocycles. The Morgan fingerprint density at radius 3 is 2.40 bits per heavy atom. The second kappa shape index (κ2) is 6.63. The summed E-state index contributed by atoms with van der Waals surface area (Å²) in [5.41, 5.74) is 0.110. The molecule has 0 radical (unpaired) electrons. The zero-order valence-electron chi connectivity index (χ0n) is 15.0. The molecule has 0 atom stereocenters. The van der Waals surface area contributed by atoms with Gasteiger partial charge in [0.15, 0.2) is 0 Å². The molecule has 2 heterocycles. The largest absolute Gasteiger partial charge is 0.444 e. The van der Waals surface area contributed by atoms with Crippen molar-refractivity contribution in [1.29, 1.82) is 0 Å². The summed E-state index contributed by atoms with van der Waals surface area (Å²) in [6, 6.07) is 7.85. The zero-order valence-corrected chi connectivity index (χ0v) is 16.6. The minimum atomic E-state index is -0.493. The van der Waals surface area contributed by atoms with Crippen LogP contribution in [0.2, 0.25) is 0 Å². The highest BCUT2D eigenvalue weighted by molar-refractivity contribution is 9.10. The van der Waals surface area contributed by atoms with E-state index in [1.807, 2.05) is 49.9 Å². The first-order valence-corrected chi connectivity index (χ1v) is 9.55. The lowest BCUT2D eigenvalue weighted by molar-refractivity contribution is -0.128. The van der Waals surface area contributed by atoms with Crippen LogP contribution < -0.4 is 4.90 Å². The van der Waals surface area contributed by atoms with Gasteiger partial charge in [-0.15, -0.1) is 0 Å². The van der Waals surface area contributed by atoms with E-state index in [2.05, 4.69) is 15.9 Å². The highest BCUT2D eigenvalue weighted by atomic mass is 79.9. The molecule has 0 aromatic heterocycles. The molecule has 2 aliphatic heterocycles. The number of halogens is 1. The molecule has 0 N–H and O–H groups in total. The molecule has 1 aromatic rings. The highest BCUT2D eigenvalue weighted by Crippen LogP contribution is 2.43. The number of hydrogen-bond acceptors (Lipinski definition) is 3. The maximum Gasteiger partial charge on any atom is 0.410 e. The number of nitrogens with zero attached hydrogens (tertiary/aromatic N) is 2. The van der Waals surface area contributed by atoms with Crippen molar-refractivity contribution < 1.29 is 14.3 Å². The van der Waals surface area contributed by atoms with E-state index in [9.17, 15) is 9.59 Å². The van der Waals surface area contributed by atoms with Gasteiger partial charge in [-0.05, 0) is 58.2 Å². The number of piperidine rings is 1. The Kier molecular flexibility index (Phi) is 4.84. The maximum atomic E-state index is 13.1. The number of anilines is 1. The lowest BCUT2D eigenvalue weighted by atomic mass is 9.77. The molecule has 6 heteroatoms. The van der Waals surface area contributed by atoms with Crippen LogP contribution in [0.15, 0.2) is 28.7 Å². The molecule has 0 unspecified atom stereocenters. The van der Waals surface area contributed by atoms with Crippen LogP contribution in [0.3, 0.4) is 0 Å². The Balaban J connectivity index is 1.66. The predicted molar refractivity (Wildman–Crippen MR) is 101 cm³/mol. The molecule has 2 fully saturated rings. The van der Waals surface area contributed by atoms with E-state index in [0.717, 1.165) is 23.1 Å². The van der Waals surface area contributed by atoms with E-state index >= 15 is 0 Å². The Morgan fingerprint density at radius 1 is 1.16 bits per heavy atom. The Morgan fingerprint density at radius 2 is 1.80 bits per heavy atom. The van der Waals surface area contributed by atoms with Crippen molar-refractivity contribution >= 4 is 33.6 Å². The van der Waals surface area contributed by atoms with Crippen molar-refractivity contribution in [1.82, 2.24) is 4.90 Å². The number of carbonyl (C=O) groups is 2. The smallest absolute Gasteiger partial charge is 0.410 e. The third-order valence-electron chi connectivity index (χ3n) is 5.00. The average Bonchev–Trinajstić information content (AvgIpc) is 2.83. The standard InChI is InChI=1S/C19H25BrN2O3/c1-18(2,3)25-17(24)21-10-7-19(8-11-21)9-12-22(16(19)23)15-6-4-5-14(20)13-15/h4-6,13H,7-12H2,1-3H3. The van der Waals surface area contributed by atoms with Crippen LogP contribution in [-0.2, 0) is 9.53 Å². The number of rotatable bonds is 1. The van der Waals surface area contributed by atoms with Gasteiger partial charge in [-0.3, -0.25) is 4.79 Å². The van der Waals surface area contributed by atoms with Gasteiger partial charge in [-0.1, -0.05) is 22.0 Å². The summed E-state index contributed by atoms with van der Waals surface area (Å²) < 4.78 is 6.42. The SMILES string of the molecule is CC(C)(C)OC(=O)N1CCC2(CC1)CCN(c1cccc(Br)c1)C2=O. The molecule has 2 aliphatic rings. The van der Waals surface area contributed by atoms with E-state index in [0.29, 0.717) is 25.9 Å². The van der Waals surface area contributed by atoms with Crippen LogP contribution in [-0.4, -0.2) is 42.1 Å². The van der Waals surface area contributed by atoms with Gasteiger partial charge in [-0.25, -0.2) is 4.79 Å². The number of amides is 2. The first-order chi connectivity index (χ1) is 11.7. The molecular formula is C19H25BrN2O3. The van der Waals surface area contributed by atoms with E-state index in [-0.39, 0.29) is 17.4 Å². The average molecular weight is 409 g/mol. The number of benzene rings is 1. The monoisotopic (exact) mass is 408 g/mol.